The van der Waals surface area contributed by atoms with Gasteiger partial charge < -0.3 is 0 Å². The van der Waals surface area contributed by atoms with E-state index in [1.54, 1.807) is 0 Å². The fourth-order valence-corrected chi connectivity index (χ4v) is 4.52. The summed E-state index contributed by atoms with van der Waals surface area (Å²) in [6, 6.07) is 0.274. The second-order valence-corrected chi connectivity index (χ2v) is 7.58. The summed E-state index contributed by atoms with van der Waals surface area (Å²) in [5, 5.41) is 4.44. The Kier molecular flexibility index (Phi) is 4.41. The van der Waals surface area contributed by atoms with Gasteiger partial charge in [0, 0.05) is 24.3 Å². The SMILES string of the molecule is Cc1nn(C)c(CC(NN)C2(C)CCCS2)c1Br. The van der Waals surface area contributed by atoms with Crippen molar-refractivity contribution in [2.24, 2.45) is 12.9 Å². The first-order valence-corrected chi connectivity index (χ1v) is 8.04. The largest absolute Gasteiger partial charge is 0.271 e. The zero-order valence-corrected chi connectivity index (χ0v) is 13.6. The highest BCUT2D eigenvalue weighted by Crippen LogP contribution is 2.41. The first-order chi connectivity index (χ1) is 8.48. The van der Waals surface area contributed by atoms with Gasteiger partial charge in [0.1, 0.15) is 0 Å². The van der Waals surface area contributed by atoms with E-state index in [4.69, 9.17) is 5.84 Å². The van der Waals surface area contributed by atoms with Crippen LogP contribution in [0.2, 0.25) is 0 Å². The van der Waals surface area contributed by atoms with E-state index in [1.165, 1.54) is 24.3 Å². The van der Waals surface area contributed by atoms with E-state index in [0.29, 0.717) is 0 Å². The van der Waals surface area contributed by atoms with Crippen molar-refractivity contribution in [3.63, 3.8) is 0 Å². The van der Waals surface area contributed by atoms with Crippen LogP contribution in [0, 0.1) is 6.92 Å². The average Bonchev–Trinajstić information content (AvgIpc) is 2.85. The Hall–Kier alpha value is -0.0400. The Morgan fingerprint density at radius 1 is 1.67 bits per heavy atom. The number of hydrogen-bond acceptors (Lipinski definition) is 4. The Morgan fingerprint density at radius 3 is 2.83 bits per heavy atom. The number of nitrogens with two attached hydrogens (primary N) is 1. The van der Waals surface area contributed by atoms with Crippen molar-refractivity contribution in [1.82, 2.24) is 15.2 Å². The topological polar surface area (TPSA) is 55.9 Å². The van der Waals surface area contributed by atoms with Crippen molar-refractivity contribution >= 4 is 27.7 Å². The van der Waals surface area contributed by atoms with E-state index >= 15 is 0 Å². The summed E-state index contributed by atoms with van der Waals surface area (Å²) in [5.74, 6) is 7.02. The lowest BCUT2D eigenvalue weighted by Crippen LogP contribution is -2.50. The first kappa shape index (κ1) is 14.4. The van der Waals surface area contributed by atoms with Gasteiger partial charge in [-0.05, 0) is 48.4 Å². The highest BCUT2D eigenvalue weighted by atomic mass is 79.9. The molecule has 0 aliphatic carbocycles. The zero-order chi connectivity index (χ0) is 13.3. The van der Waals surface area contributed by atoms with Crippen LogP contribution >= 0.6 is 27.7 Å². The van der Waals surface area contributed by atoms with Gasteiger partial charge in [0.15, 0.2) is 0 Å². The molecule has 1 aromatic heterocycles. The number of hydrazine groups is 1. The van der Waals surface area contributed by atoms with Gasteiger partial charge in [-0.15, -0.1) is 0 Å². The van der Waals surface area contributed by atoms with Gasteiger partial charge in [0.05, 0.1) is 15.9 Å². The summed E-state index contributed by atoms with van der Waals surface area (Å²) in [7, 11) is 1.99. The molecule has 0 aromatic carbocycles. The molecule has 0 spiro atoms. The molecule has 1 aliphatic heterocycles. The molecule has 102 valence electrons. The molecule has 1 fully saturated rings. The highest BCUT2D eigenvalue weighted by molar-refractivity contribution is 9.10. The molecule has 0 radical (unpaired) electrons. The summed E-state index contributed by atoms with van der Waals surface area (Å²) in [6.07, 6.45) is 3.41. The monoisotopic (exact) mass is 332 g/mol. The summed E-state index contributed by atoms with van der Waals surface area (Å²) in [6.45, 7) is 4.33. The van der Waals surface area contributed by atoms with Crippen molar-refractivity contribution < 1.29 is 0 Å². The van der Waals surface area contributed by atoms with E-state index in [-0.39, 0.29) is 10.8 Å². The molecule has 0 amide bonds. The van der Waals surface area contributed by atoms with E-state index in [2.05, 4.69) is 33.4 Å². The van der Waals surface area contributed by atoms with E-state index in [1.807, 2.05) is 30.4 Å². The third-order valence-corrected chi connectivity index (χ3v) is 6.52. The minimum atomic E-state index is 0.229. The molecular formula is C12H21BrN4S. The minimum absolute atomic E-state index is 0.229. The van der Waals surface area contributed by atoms with E-state index < -0.39 is 0 Å². The van der Waals surface area contributed by atoms with Crippen LogP contribution in [0.5, 0.6) is 0 Å². The normalized spacial score (nSPS) is 25.6. The molecule has 3 N–H and O–H groups in total. The Bertz CT molecular complexity index is 426. The molecule has 1 saturated heterocycles. The van der Waals surface area contributed by atoms with Crippen molar-refractivity contribution in [3.05, 3.63) is 15.9 Å². The quantitative estimate of drug-likeness (QED) is 0.655. The lowest BCUT2D eigenvalue weighted by molar-refractivity contribution is 0.397. The summed E-state index contributed by atoms with van der Waals surface area (Å²) in [5.41, 5.74) is 5.26. The molecule has 6 heteroatoms. The van der Waals surface area contributed by atoms with Crippen LogP contribution < -0.4 is 11.3 Å². The molecule has 2 heterocycles. The fourth-order valence-electron chi connectivity index (χ4n) is 2.62. The number of thioether (sulfide) groups is 1. The van der Waals surface area contributed by atoms with Crippen LogP contribution in [0.15, 0.2) is 4.47 Å². The van der Waals surface area contributed by atoms with Gasteiger partial charge in [0.2, 0.25) is 0 Å². The molecule has 2 rings (SSSR count). The lowest BCUT2D eigenvalue weighted by atomic mass is 9.93. The number of nitrogens with one attached hydrogen (secondary N) is 1. The number of nitrogens with zero attached hydrogens (tertiary/aromatic N) is 2. The van der Waals surface area contributed by atoms with Crippen molar-refractivity contribution in [1.29, 1.82) is 0 Å². The summed E-state index contributed by atoms with van der Waals surface area (Å²) in [4.78, 5) is 0. The lowest BCUT2D eigenvalue weighted by Gasteiger charge is -2.32. The standard InChI is InChI=1S/C12H21BrN4S/c1-8-11(13)9(17(3)16-8)7-10(15-14)12(2)5-4-6-18-12/h10,15H,4-7,14H2,1-3H3. The van der Waals surface area contributed by atoms with Crippen LogP contribution in [0.1, 0.15) is 31.2 Å². The van der Waals surface area contributed by atoms with Gasteiger partial charge in [-0.3, -0.25) is 16.0 Å². The van der Waals surface area contributed by atoms with Crippen molar-refractivity contribution in [2.45, 2.75) is 43.9 Å². The molecule has 1 aliphatic rings. The van der Waals surface area contributed by atoms with Crippen molar-refractivity contribution in [2.75, 3.05) is 5.75 Å². The van der Waals surface area contributed by atoms with Crippen LogP contribution in [0.25, 0.3) is 0 Å². The molecule has 0 bridgehead atoms. The molecular weight excluding hydrogens is 312 g/mol. The fraction of sp³-hybridized carbons (Fsp3) is 0.750. The molecule has 2 atom stereocenters. The Balaban J connectivity index is 2.20. The minimum Gasteiger partial charge on any atom is -0.271 e. The smallest absolute Gasteiger partial charge is 0.0738 e. The molecule has 18 heavy (non-hydrogen) atoms. The molecule has 0 saturated carbocycles. The summed E-state index contributed by atoms with van der Waals surface area (Å²) >= 11 is 5.65. The van der Waals surface area contributed by atoms with Crippen LogP contribution in [0.3, 0.4) is 0 Å². The number of aryl methyl sites for hydroxylation is 2. The Labute approximate surface area is 121 Å². The maximum Gasteiger partial charge on any atom is 0.0738 e. The van der Waals surface area contributed by atoms with Gasteiger partial charge in [-0.25, -0.2) is 0 Å². The van der Waals surface area contributed by atoms with Gasteiger partial charge in [-0.2, -0.15) is 16.9 Å². The number of rotatable bonds is 4. The third-order valence-electron chi connectivity index (χ3n) is 3.85. The van der Waals surface area contributed by atoms with E-state index in [0.717, 1.165) is 16.6 Å². The molecule has 2 unspecified atom stereocenters. The average molecular weight is 333 g/mol. The summed E-state index contributed by atoms with van der Waals surface area (Å²) < 4.78 is 3.29. The number of halogens is 1. The predicted molar refractivity (Wildman–Crippen MR) is 80.6 cm³/mol. The first-order valence-electron chi connectivity index (χ1n) is 6.26. The molecule has 1 aromatic rings. The van der Waals surface area contributed by atoms with Crippen LogP contribution in [-0.4, -0.2) is 26.3 Å². The second kappa shape index (κ2) is 5.53. The Morgan fingerprint density at radius 2 is 2.39 bits per heavy atom. The third kappa shape index (κ3) is 2.61. The maximum absolute atomic E-state index is 5.78. The van der Waals surface area contributed by atoms with Crippen molar-refractivity contribution in [3.8, 4) is 0 Å². The number of hydrogen-bond donors (Lipinski definition) is 2. The van der Waals surface area contributed by atoms with Crippen LogP contribution in [-0.2, 0) is 13.5 Å². The van der Waals surface area contributed by atoms with Gasteiger partial charge >= 0.3 is 0 Å². The van der Waals surface area contributed by atoms with E-state index in [9.17, 15) is 0 Å². The maximum atomic E-state index is 5.78. The van der Waals surface area contributed by atoms with Gasteiger partial charge in [-0.1, -0.05) is 0 Å². The second-order valence-electron chi connectivity index (χ2n) is 5.16. The number of aromatic nitrogens is 2. The highest BCUT2D eigenvalue weighted by Gasteiger charge is 2.38. The zero-order valence-electron chi connectivity index (χ0n) is 11.2. The predicted octanol–water partition coefficient (Wildman–Crippen LogP) is 2.15. The molecule has 4 nitrogen and oxygen atoms in total. The van der Waals surface area contributed by atoms with Gasteiger partial charge in [0.25, 0.3) is 0 Å². The van der Waals surface area contributed by atoms with Crippen LogP contribution in [0.4, 0.5) is 0 Å².